The normalized spacial score (nSPS) is 13.5. The second kappa shape index (κ2) is 24.5. The molecule has 10 nitrogen and oxygen atoms in total. The molecule has 0 fully saturated rings. The number of hydrogen-bond acceptors (Lipinski definition) is 7. The van der Waals surface area contributed by atoms with Gasteiger partial charge in [0.15, 0.2) is 0 Å². The fourth-order valence-corrected chi connectivity index (χ4v) is 4.92. The van der Waals surface area contributed by atoms with Gasteiger partial charge in [-0.05, 0) is 38.1 Å². The molecule has 0 spiro atoms. The average molecular weight is 585 g/mol. The highest BCUT2D eigenvalue weighted by atomic mass is 16.4. The van der Waals surface area contributed by atoms with E-state index in [4.69, 9.17) is 11.5 Å². The molecule has 0 aliphatic rings. The highest BCUT2D eigenvalue weighted by Gasteiger charge is 2.37. The van der Waals surface area contributed by atoms with Crippen molar-refractivity contribution < 1.29 is 29.4 Å². The lowest BCUT2D eigenvalue weighted by Gasteiger charge is -2.31. The summed E-state index contributed by atoms with van der Waals surface area (Å²) in [7, 11) is 0. The number of imide groups is 1. The summed E-state index contributed by atoms with van der Waals surface area (Å²) in [5.74, 6) is -3.46. The number of aliphatic hydroxyl groups is 1. The lowest BCUT2D eigenvalue weighted by atomic mass is 10.0. The number of hydrogen-bond donors (Lipinski definition) is 5. The zero-order valence-corrected chi connectivity index (χ0v) is 26.1. The van der Waals surface area contributed by atoms with Crippen molar-refractivity contribution in [2.75, 3.05) is 13.2 Å². The molecule has 0 saturated heterocycles. The third kappa shape index (κ3) is 18.2. The van der Waals surface area contributed by atoms with E-state index in [1.807, 2.05) is 13.8 Å². The molecule has 0 heterocycles. The first-order valence-electron chi connectivity index (χ1n) is 16.1. The summed E-state index contributed by atoms with van der Waals surface area (Å²) in [4.78, 5) is 52.0. The molecule has 3 amide bonds. The third-order valence-corrected chi connectivity index (χ3v) is 7.40. The van der Waals surface area contributed by atoms with Crippen LogP contribution >= 0.6 is 0 Å². The predicted molar refractivity (Wildman–Crippen MR) is 163 cm³/mol. The molecule has 0 aromatic carbocycles. The lowest BCUT2D eigenvalue weighted by Crippen LogP contribution is -2.59. The molecule has 240 valence electrons. The molecule has 7 N–H and O–H groups in total. The third-order valence-electron chi connectivity index (χ3n) is 7.40. The van der Waals surface area contributed by atoms with Gasteiger partial charge in [-0.3, -0.25) is 19.3 Å². The molecule has 0 aliphatic carbocycles. The van der Waals surface area contributed by atoms with Gasteiger partial charge in [-0.15, -0.1) is 0 Å². The van der Waals surface area contributed by atoms with Crippen LogP contribution in [-0.2, 0) is 19.2 Å². The van der Waals surface area contributed by atoms with Crippen molar-refractivity contribution in [1.82, 2.24) is 10.2 Å². The number of unbranched alkanes of at least 4 members (excludes halogenated alkanes) is 13. The fourth-order valence-electron chi connectivity index (χ4n) is 4.92. The van der Waals surface area contributed by atoms with Crippen molar-refractivity contribution >= 4 is 23.7 Å². The van der Waals surface area contributed by atoms with Gasteiger partial charge >= 0.3 is 5.97 Å². The molecule has 0 aromatic heterocycles. The molecule has 0 radical (unpaired) electrons. The van der Waals surface area contributed by atoms with Crippen LogP contribution in [0.25, 0.3) is 0 Å². The zero-order chi connectivity index (χ0) is 31.0. The number of carboxylic acid groups (broad SMARTS) is 1. The maximum Gasteiger partial charge on any atom is 0.326 e. The summed E-state index contributed by atoms with van der Waals surface area (Å²) in [5.41, 5.74) is 11.6. The SMILES string of the molecule is CCCCCCCCCCCCCCCC(=O)N(C(=O)[C@@H](N)CCCCN)[C@@H](CO)C(=O)N[C@@H](CC(C)C)C(=O)O. The van der Waals surface area contributed by atoms with Crippen LogP contribution in [0.3, 0.4) is 0 Å². The van der Waals surface area contributed by atoms with Gasteiger partial charge in [-0.25, -0.2) is 4.79 Å². The molecule has 41 heavy (non-hydrogen) atoms. The van der Waals surface area contributed by atoms with Crippen molar-refractivity contribution in [3.8, 4) is 0 Å². The average Bonchev–Trinajstić information content (AvgIpc) is 2.92. The molecule has 0 rings (SSSR count). The fraction of sp³-hybridized carbons (Fsp3) is 0.871. The highest BCUT2D eigenvalue weighted by Crippen LogP contribution is 2.16. The van der Waals surface area contributed by atoms with Crippen molar-refractivity contribution in [1.29, 1.82) is 0 Å². The number of carbonyl (C=O) groups excluding carboxylic acids is 3. The van der Waals surface area contributed by atoms with Crippen LogP contribution in [0.5, 0.6) is 0 Å². The van der Waals surface area contributed by atoms with Crippen LogP contribution in [0.1, 0.15) is 136 Å². The van der Waals surface area contributed by atoms with Gasteiger partial charge < -0.3 is 27.0 Å². The van der Waals surface area contributed by atoms with Gasteiger partial charge in [0.2, 0.25) is 17.7 Å². The van der Waals surface area contributed by atoms with E-state index in [1.54, 1.807) is 0 Å². The standard InChI is InChI=1S/C31H60N4O6/c1-4-5-6-7-8-9-10-11-12-13-14-15-16-20-28(37)35(30(39)25(33)19-17-18-21-32)27(23-36)29(38)34-26(31(40)41)22-24(2)3/h24-27,36H,4-23,32-33H2,1-3H3,(H,34,38)(H,40,41)/t25-,26-,27-/m0/s1. The van der Waals surface area contributed by atoms with Crippen molar-refractivity contribution in [3.05, 3.63) is 0 Å². The van der Waals surface area contributed by atoms with E-state index in [0.717, 1.165) is 24.2 Å². The van der Waals surface area contributed by atoms with Crippen molar-refractivity contribution in [2.24, 2.45) is 17.4 Å². The van der Waals surface area contributed by atoms with E-state index >= 15 is 0 Å². The molecule has 10 heteroatoms. The molecule has 3 atom stereocenters. The first kappa shape index (κ1) is 39.0. The Balaban J connectivity index is 5.01. The van der Waals surface area contributed by atoms with E-state index in [1.165, 1.54) is 57.8 Å². The number of rotatable bonds is 26. The van der Waals surface area contributed by atoms with Crippen LogP contribution in [0, 0.1) is 5.92 Å². The Morgan fingerprint density at radius 2 is 1.32 bits per heavy atom. The molecule has 0 bridgehead atoms. The predicted octanol–water partition coefficient (Wildman–Crippen LogP) is 4.26. The van der Waals surface area contributed by atoms with Crippen LogP contribution in [0.4, 0.5) is 0 Å². The van der Waals surface area contributed by atoms with Crippen molar-refractivity contribution in [2.45, 2.75) is 154 Å². The largest absolute Gasteiger partial charge is 0.480 e. The minimum absolute atomic E-state index is 0.0186. The van der Waals surface area contributed by atoms with Crippen molar-refractivity contribution in [3.63, 3.8) is 0 Å². The van der Waals surface area contributed by atoms with Gasteiger partial charge in [0.25, 0.3) is 0 Å². The lowest BCUT2D eigenvalue weighted by molar-refractivity contribution is -0.155. The summed E-state index contributed by atoms with van der Waals surface area (Å²) in [6, 6.07) is -3.79. The van der Waals surface area contributed by atoms with Gasteiger partial charge in [0, 0.05) is 6.42 Å². The van der Waals surface area contributed by atoms with Gasteiger partial charge in [-0.2, -0.15) is 0 Å². The Morgan fingerprint density at radius 3 is 1.76 bits per heavy atom. The summed E-state index contributed by atoms with van der Waals surface area (Å²) in [5, 5.41) is 22.0. The Hall–Kier alpha value is -2.04. The van der Waals surface area contributed by atoms with E-state index in [-0.39, 0.29) is 25.2 Å². The number of aliphatic hydroxyl groups excluding tert-OH is 1. The summed E-state index contributed by atoms with van der Waals surface area (Å²) < 4.78 is 0. The monoisotopic (exact) mass is 584 g/mol. The molecular weight excluding hydrogens is 524 g/mol. The quantitative estimate of drug-likeness (QED) is 0.0937. The number of carboxylic acids is 1. The first-order valence-corrected chi connectivity index (χ1v) is 16.1. The zero-order valence-electron chi connectivity index (χ0n) is 26.1. The first-order chi connectivity index (χ1) is 19.6. The number of amides is 3. The molecular formula is C31H60N4O6. The smallest absolute Gasteiger partial charge is 0.326 e. The minimum Gasteiger partial charge on any atom is -0.480 e. The number of nitrogens with two attached hydrogens (primary N) is 2. The summed E-state index contributed by atoms with van der Waals surface area (Å²) >= 11 is 0. The van der Waals surface area contributed by atoms with Crippen LogP contribution in [-0.4, -0.2) is 70.1 Å². The Bertz CT molecular complexity index is 733. The second-order valence-electron chi connectivity index (χ2n) is 11.7. The van der Waals surface area contributed by atoms with E-state index in [0.29, 0.717) is 25.8 Å². The maximum absolute atomic E-state index is 13.3. The molecule has 0 aliphatic heterocycles. The highest BCUT2D eigenvalue weighted by molar-refractivity contribution is 6.02. The summed E-state index contributed by atoms with van der Waals surface area (Å²) in [6.45, 7) is 5.48. The van der Waals surface area contributed by atoms with E-state index in [2.05, 4.69) is 12.2 Å². The Morgan fingerprint density at radius 1 is 0.805 bits per heavy atom. The van der Waals surface area contributed by atoms with Gasteiger partial charge in [-0.1, -0.05) is 104 Å². The number of nitrogens with zero attached hydrogens (tertiary/aromatic N) is 1. The van der Waals surface area contributed by atoms with Gasteiger partial charge in [0.1, 0.15) is 12.1 Å². The second-order valence-corrected chi connectivity index (χ2v) is 11.7. The van der Waals surface area contributed by atoms with E-state index in [9.17, 15) is 29.4 Å². The van der Waals surface area contributed by atoms with Crippen LogP contribution < -0.4 is 16.8 Å². The van der Waals surface area contributed by atoms with E-state index < -0.39 is 48.4 Å². The topological polar surface area (TPSA) is 176 Å². The molecule has 0 saturated carbocycles. The molecule has 0 unspecified atom stereocenters. The Kier molecular flexibility index (Phi) is 23.3. The number of carbonyl (C=O) groups is 4. The Labute approximate surface area is 248 Å². The van der Waals surface area contributed by atoms with Gasteiger partial charge in [0.05, 0.1) is 12.6 Å². The van der Waals surface area contributed by atoms with Crippen LogP contribution in [0.2, 0.25) is 0 Å². The molecule has 0 aromatic rings. The number of aliphatic carboxylic acids is 1. The maximum atomic E-state index is 13.3. The number of nitrogens with one attached hydrogen (secondary N) is 1. The van der Waals surface area contributed by atoms with Crippen LogP contribution in [0.15, 0.2) is 0 Å². The summed E-state index contributed by atoms with van der Waals surface area (Å²) in [6.07, 6.45) is 16.7. The minimum atomic E-state index is -1.55.